The van der Waals surface area contributed by atoms with E-state index >= 15 is 0 Å². The molecule has 3 aromatic carbocycles. The predicted molar refractivity (Wildman–Crippen MR) is 152 cm³/mol. The average Bonchev–Trinajstić information content (AvgIpc) is 3.42. The van der Waals surface area contributed by atoms with Crippen molar-refractivity contribution in [1.29, 1.82) is 0 Å². The quantitative estimate of drug-likeness (QED) is 0.160. The summed E-state index contributed by atoms with van der Waals surface area (Å²) in [7, 11) is 0. The Bertz CT molecular complexity index is 1550. The number of aromatic nitrogens is 1. The number of amides is 1. The van der Waals surface area contributed by atoms with Crippen LogP contribution in [0.25, 0.3) is 16.0 Å². The summed E-state index contributed by atoms with van der Waals surface area (Å²) < 4.78 is 6.93. The summed E-state index contributed by atoms with van der Waals surface area (Å²) in [6, 6.07) is 19.4. The van der Waals surface area contributed by atoms with Crippen LogP contribution >= 0.6 is 11.3 Å². The highest BCUT2D eigenvalue weighted by Gasteiger charge is 2.48. The third-order valence-corrected chi connectivity index (χ3v) is 7.66. The van der Waals surface area contributed by atoms with Crippen molar-refractivity contribution >= 4 is 44.1 Å². The molecule has 1 fully saturated rings. The van der Waals surface area contributed by atoms with E-state index in [1.54, 1.807) is 24.3 Å². The topological polar surface area (TPSA) is 79.7 Å². The van der Waals surface area contributed by atoms with Gasteiger partial charge in [-0.25, -0.2) is 4.98 Å². The molecule has 0 saturated carbocycles. The van der Waals surface area contributed by atoms with Gasteiger partial charge in [0.15, 0.2) is 5.13 Å². The van der Waals surface area contributed by atoms with Crippen LogP contribution in [0.5, 0.6) is 5.75 Å². The van der Waals surface area contributed by atoms with Crippen molar-refractivity contribution in [3.8, 4) is 5.75 Å². The molecule has 7 heteroatoms. The van der Waals surface area contributed by atoms with E-state index in [-0.39, 0.29) is 11.3 Å². The van der Waals surface area contributed by atoms with Crippen molar-refractivity contribution in [3.05, 3.63) is 94.6 Å². The van der Waals surface area contributed by atoms with Gasteiger partial charge in [0.05, 0.1) is 28.4 Å². The van der Waals surface area contributed by atoms with Crippen LogP contribution in [0.3, 0.4) is 0 Å². The Morgan fingerprint density at radius 2 is 1.82 bits per heavy atom. The number of ketones is 1. The Labute approximate surface area is 226 Å². The van der Waals surface area contributed by atoms with Gasteiger partial charge >= 0.3 is 5.91 Å². The molecule has 1 saturated heterocycles. The molecule has 0 aliphatic carbocycles. The molecule has 6 nitrogen and oxygen atoms in total. The minimum atomic E-state index is -0.856. The Kier molecular flexibility index (Phi) is 7.04. The summed E-state index contributed by atoms with van der Waals surface area (Å²) in [6.45, 7) is 8.83. The summed E-state index contributed by atoms with van der Waals surface area (Å²) in [5.41, 5.74) is 4.06. The fourth-order valence-electron chi connectivity index (χ4n) is 4.75. The fraction of sp³-hybridized carbons (Fsp3) is 0.258. The van der Waals surface area contributed by atoms with Gasteiger partial charge in [-0.05, 0) is 61.1 Å². The van der Waals surface area contributed by atoms with Crippen LogP contribution in [0.2, 0.25) is 0 Å². The maximum Gasteiger partial charge on any atom is 0.301 e. The Morgan fingerprint density at radius 3 is 2.55 bits per heavy atom. The summed E-state index contributed by atoms with van der Waals surface area (Å²) in [4.78, 5) is 33.3. The highest BCUT2D eigenvalue weighted by molar-refractivity contribution is 7.22. The van der Waals surface area contributed by atoms with Crippen molar-refractivity contribution in [2.75, 3.05) is 11.5 Å². The number of aryl methyl sites for hydroxylation is 2. The first-order valence-corrected chi connectivity index (χ1v) is 13.5. The molecular formula is C31H30N2O4S. The minimum absolute atomic E-state index is 0.0349. The number of Topliss-reactive ketones (excluding diaryl/α,β-unsaturated/α-hetero) is 1. The smallest absolute Gasteiger partial charge is 0.301 e. The number of thiazole rings is 1. The lowest BCUT2D eigenvalue weighted by molar-refractivity contribution is -0.132. The number of carbonyl (C=O) groups is 2. The molecule has 38 heavy (non-hydrogen) atoms. The maximum atomic E-state index is 13.6. The maximum absolute atomic E-state index is 13.6. The highest BCUT2D eigenvalue weighted by atomic mass is 32.1. The van der Waals surface area contributed by atoms with Gasteiger partial charge in [-0.15, -0.1) is 0 Å². The third-order valence-electron chi connectivity index (χ3n) is 6.65. The first-order chi connectivity index (χ1) is 18.2. The molecule has 1 atom stereocenters. The summed E-state index contributed by atoms with van der Waals surface area (Å²) in [5.74, 6) is -0.524. The third kappa shape index (κ3) is 4.82. The SMILES string of the molecule is Cc1cc(C)c2nc(N3C(=O)C(=O)C(=C(O)c4ccccc4)C3c3cccc(OCCC(C)C)c3)sc2c1. The van der Waals surface area contributed by atoms with Crippen LogP contribution in [0.4, 0.5) is 5.13 Å². The summed E-state index contributed by atoms with van der Waals surface area (Å²) in [6.07, 6.45) is 0.904. The number of aliphatic hydroxyl groups is 1. The van der Waals surface area contributed by atoms with E-state index in [1.165, 1.54) is 16.2 Å². The zero-order chi connectivity index (χ0) is 27.0. The molecule has 1 unspecified atom stereocenters. The fourth-order valence-corrected chi connectivity index (χ4v) is 5.91. The lowest BCUT2D eigenvalue weighted by Crippen LogP contribution is -2.29. The molecule has 2 heterocycles. The number of fused-ring (bicyclic) bond motifs is 1. The van der Waals surface area contributed by atoms with Crippen LogP contribution in [0.15, 0.2) is 72.3 Å². The normalized spacial score (nSPS) is 17.1. The minimum Gasteiger partial charge on any atom is -0.507 e. The molecular weight excluding hydrogens is 496 g/mol. The number of anilines is 1. The van der Waals surface area contributed by atoms with E-state index in [1.807, 2.05) is 56.3 Å². The molecule has 1 aliphatic heterocycles. The second kappa shape index (κ2) is 10.4. The van der Waals surface area contributed by atoms with Crippen LogP contribution in [0, 0.1) is 19.8 Å². The monoisotopic (exact) mass is 526 g/mol. The molecule has 0 bridgehead atoms. The molecule has 0 radical (unpaired) electrons. The lowest BCUT2D eigenvalue weighted by atomic mass is 9.95. The van der Waals surface area contributed by atoms with E-state index in [0.717, 1.165) is 27.8 Å². The number of nitrogens with zero attached hydrogens (tertiary/aromatic N) is 2. The van der Waals surface area contributed by atoms with E-state index < -0.39 is 17.7 Å². The van der Waals surface area contributed by atoms with Gasteiger partial charge in [-0.2, -0.15) is 0 Å². The lowest BCUT2D eigenvalue weighted by Gasteiger charge is -2.23. The number of ether oxygens (including phenoxy) is 1. The molecule has 1 aliphatic rings. The van der Waals surface area contributed by atoms with Gasteiger partial charge in [-0.1, -0.05) is 73.7 Å². The van der Waals surface area contributed by atoms with E-state index in [4.69, 9.17) is 9.72 Å². The average molecular weight is 527 g/mol. The molecule has 194 valence electrons. The second-order valence-electron chi connectivity index (χ2n) is 10.1. The predicted octanol–water partition coefficient (Wildman–Crippen LogP) is 6.96. The zero-order valence-corrected chi connectivity index (χ0v) is 22.7. The van der Waals surface area contributed by atoms with Crippen molar-refractivity contribution < 1.29 is 19.4 Å². The number of hydrogen-bond donors (Lipinski definition) is 1. The molecule has 1 amide bonds. The number of carbonyl (C=O) groups excluding carboxylic acids is 2. The van der Waals surface area contributed by atoms with Gasteiger partial charge in [0.25, 0.3) is 5.78 Å². The standard InChI is InChI=1S/C31H30N2O4S/c1-18(2)13-14-37-23-12-8-11-22(17-23)27-25(28(34)21-9-6-5-7-10-21)29(35)30(36)33(27)31-32-26-20(4)15-19(3)16-24(26)38-31/h5-12,15-18,27,34H,13-14H2,1-4H3. The van der Waals surface area contributed by atoms with Crippen LogP contribution in [0.1, 0.15) is 48.6 Å². The molecule has 5 rings (SSSR count). The van der Waals surface area contributed by atoms with Gasteiger partial charge in [-0.3, -0.25) is 14.5 Å². The van der Waals surface area contributed by atoms with E-state index in [2.05, 4.69) is 13.8 Å². The van der Waals surface area contributed by atoms with Gasteiger partial charge in [0.2, 0.25) is 0 Å². The Balaban J connectivity index is 1.67. The number of benzene rings is 3. The van der Waals surface area contributed by atoms with Gasteiger partial charge in [0, 0.05) is 5.56 Å². The van der Waals surface area contributed by atoms with E-state index in [9.17, 15) is 14.7 Å². The first-order valence-electron chi connectivity index (χ1n) is 12.7. The number of hydrogen-bond acceptors (Lipinski definition) is 6. The van der Waals surface area contributed by atoms with Crippen molar-refractivity contribution in [1.82, 2.24) is 4.98 Å². The van der Waals surface area contributed by atoms with Crippen molar-refractivity contribution in [2.45, 2.75) is 40.2 Å². The first kappa shape index (κ1) is 25.7. The Hall–Kier alpha value is -3.97. The highest BCUT2D eigenvalue weighted by Crippen LogP contribution is 2.45. The van der Waals surface area contributed by atoms with Crippen molar-refractivity contribution in [2.24, 2.45) is 5.92 Å². The molecule has 1 aromatic heterocycles. The largest absolute Gasteiger partial charge is 0.507 e. The zero-order valence-electron chi connectivity index (χ0n) is 21.9. The second-order valence-corrected chi connectivity index (χ2v) is 11.1. The molecule has 0 spiro atoms. The molecule has 1 N–H and O–H groups in total. The van der Waals surface area contributed by atoms with Crippen LogP contribution in [-0.2, 0) is 9.59 Å². The van der Waals surface area contributed by atoms with Crippen LogP contribution in [-0.4, -0.2) is 28.4 Å². The number of rotatable bonds is 7. The van der Waals surface area contributed by atoms with Crippen LogP contribution < -0.4 is 9.64 Å². The van der Waals surface area contributed by atoms with Gasteiger partial charge in [0.1, 0.15) is 11.5 Å². The molecule has 4 aromatic rings. The van der Waals surface area contributed by atoms with Crippen molar-refractivity contribution in [3.63, 3.8) is 0 Å². The summed E-state index contributed by atoms with van der Waals surface area (Å²) in [5, 5.41) is 11.7. The Morgan fingerprint density at radius 1 is 1.05 bits per heavy atom. The summed E-state index contributed by atoms with van der Waals surface area (Å²) >= 11 is 1.36. The van der Waals surface area contributed by atoms with Gasteiger partial charge < -0.3 is 9.84 Å². The number of aliphatic hydroxyl groups excluding tert-OH is 1. The van der Waals surface area contributed by atoms with E-state index in [0.29, 0.717) is 34.5 Å².